The Balaban J connectivity index is 2.35. The van der Waals surface area contributed by atoms with Gasteiger partial charge in [-0.15, -0.1) is 0 Å². The molecule has 106 valence electrons. The molecule has 1 fully saturated rings. The number of aryl methyl sites for hydroxylation is 1. The Morgan fingerprint density at radius 2 is 1.89 bits per heavy atom. The Morgan fingerprint density at radius 1 is 1.26 bits per heavy atom. The second-order valence-electron chi connectivity index (χ2n) is 6.55. The quantitative estimate of drug-likeness (QED) is 0.925. The van der Waals surface area contributed by atoms with E-state index in [0.717, 1.165) is 17.5 Å². The average Bonchev–Trinajstić information content (AvgIpc) is 3.09. The van der Waals surface area contributed by atoms with Gasteiger partial charge in [0.05, 0.1) is 4.90 Å². The molecule has 0 unspecified atom stereocenters. The average molecular weight is 281 g/mol. The zero-order chi connectivity index (χ0) is 14.4. The number of hydrogen-bond donors (Lipinski definition) is 1. The molecule has 1 aromatic carbocycles. The van der Waals surface area contributed by atoms with Gasteiger partial charge in [-0.25, -0.2) is 13.1 Å². The Labute approximate surface area is 116 Å². The minimum absolute atomic E-state index is 0.289. The summed E-state index contributed by atoms with van der Waals surface area (Å²) in [5.74, 6) is 1.16. The van der Waals surface area contributed by atoms with Crippen molar-refractivity contribution in [2.75, 3.05) is 7.05 Å². The first-order valence-electron chi connectivity index (χ1n) is 6.71. The van der Waals surface area contributed by atoms with Crippen LogP contribution in [0.25, 0.3) is 0 Å². The first kappa shape index (κ1) is 14.5. The molecule has 0 radical (unpaired) electrons. The van der Waals surface area contributed by atoms with Crippen molar-refractivity contribution in [3.63, 3.8) is 0 Å². The Bertz CT molecular complexity index is 585. The molecule has 3 nitrogen and oxygen atoms in total. The predicted molar refractivity (Wildman–Crippen MR) is 77.7 cm³/mol. The molecular weight excluding hydrogens is 258 g/mol. The second kappa shape index (κ2) is 4.60. The number of benzene rings is 1. The molecule has 4 heteroatoms. The minimum atomic E-state index is -3.36. The van der Waals surface area contributed by atoms with Crippen LogP contribution in [-0.4, -0.2) is 15.5 Å². The van der Waals surface area contributed by atoms with Gasteiger partial charge in [0, 0.05) is 0 Å². The standard InChI is InChI=1S/C15H23NO2S/c1-10-6-7-11(8-14(10)19(17,18)16-5)12-9-13(12)15(2,3)4/h6-8,12-13,16H,9H2,1-5H3/t12-,13+/m0/s1. The monoisotopic (exact) mass is 281 g/mol. The van der Waals surface area contributed by atoms with Gasteiger partial charge in [0.2, 0.25) is 10.0 Å². The largest absolute Gasteiger partial charge is 0.240 e. The molecule has 0 aliphatic heterocycles. The van der Waals surface area contributed by atoms with Crippen molar-refractivity contribution in [2.45, 2.75) is 44.9 Å². The lowest BCUT2D eigenvalue weighted by Crippen LogP contribution is -2.19. The SMILES string of the molecule is CNS(=O)(=O)c1cc([C@@H]2C[C@H]2C(C)(C)C)ccc1C. The van der Waals surface area contributed by atoms with Crippen LogP contribution in [0.5, 0.6) is 0 Å². The molecule has 1 aliphatic rings. The third-order valence-corrected chi connectivity index (χ3v) is 5.66. The van der Waals surface area contributed by atoms with Crippen molar-refractivity contribution in [2.24, 2.45) is 11.3 Å². The fourth-order valence-electron chi connectivity index (χ4n) is 2.77. The molecule has 19 heavy (non-hydrogen) atoms. The van der Waals surface area contributed by atoms with Crippen LogP contribution in [0.2, 0.25) is 0 Å². The summed E-state index contributed by atoms with van der Waals surface area (Å²) in [6.07, 6.45) is 1.16. The molecule has 0 saturated heterocycles. The van der Waals surface area contributed by atoms with E-state index in [2.05, 4.69) is 31.6 Å². The molecule has 1 aromatic rings. The van der Waals surface area contributed by atoms with Gasteiger partial charge >= 0.3 is 0 Å². The van der Waals surface area contributed by atoms with E-state index in [1.54, 1.807) is 0 Å². The van der Waals surface area contributed by atoms with Crippen LogP contribution in [-0.2, 0) is 10.0 Å². The summed E-state index contributed by atoms with van der Waals surface area (Å²) in [7, 11) is -1.91. The van der Waals surface area contributed by atoms with Crippen LogP contribution >= 0.6 is 0 Å². The smallest absolute Gasteiger partial charge is 0.214 e. The lowest BCUT2D eigenvalue weighted by atomic mass is 9.87. The summed E-state index contributed by atoms with van der Waals surface area (Å²) in [5.41, 5.74) is 2.24. The fraction of sp³-hybridized carbons (Fsp3) is 0.600. The predicted octanol–water partition coefficient (Wildman–Crippen LogP) is 3.05. The summed E-state index contributed by atoms with van der Waals surface area (Å²) in [4.78, 5) is 0.409. The highest BCUT2D eigenvalue weighted by Crippen LogP contribution is 2.56. The van der Waals surface area contributed by atoms with Gasteiger partial charge in [0.15, 0.2) is 0 Å². The van der Waals surface area contributed by atoms with Crippen molar-refractivity contribution < 1.29 is 8.42 Å². The molecule has 0 spiro atoms. The molecular formula is C15H23NO2S. The molecule has 1 aliphatic carbocycles. The topological polar surface area (TPSA) is 46.2 Å². The lowest BCUT2D eigenvalue weighted by molar-refractivity contribution is 0.343. The summed E-state index contributed by atoms with van der Waals surface area (Å²) >= 11 is 0. The van der Waals surface area contributed by atoms with Gasteiger partial charge in [-0.05, 0) is 54.8 Å². The van der Waals surface area contributed by atoms with E-state index >= 15 is 0 Å². The number of hydrogen-bond acceptors (Lipinski definition) is 2. The normalized spacial score (nSPS) is 23.4. The van der Waals surface area contributed by atoms with E-state index in [9.17, 15) is 8.42 Å². The van der Waals surface area contributed by atoms with Crippen LogP contribution in [0.3, 0.4) is 0 Å². The van der Waals surface area contributed by atoms with Gasteiger partial charge in [-0.2, -0.15) is 0 Å². The van der Waals surface area contributed by atoms with E-state index in [1.807, 2.05) is 19.1 Å². The molecule has 0 aromatic heterocycles. The molecule has 1 N–H and O–H groups in total. The van der Waals surface area contributed by atoms with Gasteiger partial charge in [0.1, 0.15) is 0 Å². The maximum atomic E-state index is 12.0. The van der Waals surface area contributed by atoms with Crippen LogP contribution in [0.1, 0.15) is 44.2 Å². The first-order chi connectivity index (χ1) is 8.66. The van der Waals surface area contributed by atoms with Crippen molar-refractivity contribution in [3.05, 3.63) is 29.3 Å². The maximum absolute atomic E-state index is 12.0. The molecule has 2 rings (SSSR count). The van der Waals surface area contributed by atoms with Gasteiger partial charge in [0.25, 0.3) is 0 Å². The van der Waals surface area contributed by atoms with Crippen LogP contribution in [0.4, 0.5) is 0 Å². The second-order valence-corrected chi connectivity index (χ2v) is 8.40. The van der Waals surface area contributed by atoms with Crippen molar-refractivity contribution in [3.8, 4) is 0 Å². The van der Waals surface area contributed by atoms with E-state index in [1.165, 1.54) is 7.05 Å². The third kappa shape index (κ3) is 2.84. The molecule has 0 heterocycles. The zero-order valence-corrected chi connectivity index (χ0v) is 13.1. The Hall–Kier alpha value is -0.870. The number of nitrogens with one attached hydrogen (secondary N) is 1. The molecule has 0 amide bonds. The van der Waals surface area contributed by atoms with Gasteiger partial charge in [-0.3, -0.25) is 0 Å². The van der Waals surface area contributed by atoms with Crippen molar-refractivity contribution in [1.29, 1.82) is 0 Å². The maximum Gasteiger partial charge on any atom is 0.240 e. The van der Waals surface area contributed by atoms with Gasteiger partial charge < -0.3 is 0 Å². The van der Waals surface area contributed by atoms with Crippen LogP contribution in [0, 0.1) is 18.3 Å². The van der Waals surface area contributed by atoms with Gasteiger partial charge in [-0.1, -0.05) is 32.9 Å². The fourth-order valence-corrected chi connectivity index (χ4v) is 3.77. The summed E-state index contributed by atoms with van der Waals surface area (Å²) in [6.45, 7) is 8.58. The highest BCUT2D eigenvalue weighted by molar-refractivity contribution is 7.89. The summed E-state index contributed by atoms with van der Waals surface area (Å²) in [6, 6.07) is 5.83. The van der Waals surface area contributed by atoms with Crippen molar-refractivity contribution >= 4 is 10.0 Å². The Kier molecular flexibility index (Phi) is 3.52. The molecule has 2 atom stereocenters. The molecule has 0 bridgehead atoms. The van der Waals surface area contributed by atoms with Crippen LogP contribution in [0.15, 0.2) is 23.1 Å². The highest BCUT2D eigenvalue weighted by atomic mass is 32.2. The summed E-state index contributed by atoms with van der Waals surface area (Å²) < 4.78 is 26.4. The number of sulfonamides is 1. The lowest BCUT2D eigenvalue weighted by Gasteiger charge is -2.18. The Morgan fingerprint density at radius 3 is 2.37 bits per heavy atom. The number of rotatable bonds is 3. The van der Waals surface area contributed by atoms with E-state index in [-0.39, 0.29) is 5.41 Å². The van der Waals surface area contributed by atoms with Crippen molar-refractivity contribution in [1.82, 2.24) is 4.72 Å². The van der Waals surface area contributed by atoms with E-state index in [4.69, 9.17) is 0 Å². The van der Waals surface area contributed by atoms with Crippen LogP contribution < -0.4 is 4.72 Å². The highest BCUT2D eigenvalue weighted by Gasteiger charge is 2.45. The minimum Gasteiger partial charge on any atom is -0.214 e. The third-order valence-electron chi connectivity index (χ3n) is 4.10. The zero-order valence-electron chi connectivity index (χ0n) is 12.3. The first-order valence-corrected chi connectivity index (χ1v) is 8.19. The van der Waals surface area contributed by atoms with E-state index in [0.29, 0.717) is 16.7 Å². The van der Waals surface area contributed by atoms with E-state index < -0.39 is 10.0 Å². The molecule has 1 saturated carbocycles. The summed E-state index contributed by atoms with van der Waals surface area (Å²) in [5, 5.41) is 0.